The van der Waals surface area contributed by atoms with E-state index in [2.05, 4.69) is 15.2 Å². The third-order valence-corrected chi connectivity index (χ3v) is 7.18. The molecule has 2 aliphatic rings. The molecule has 37 heavy (non-hydrogen) atoms. The van der Waals surface area contributed by atoms with Crippen molar-refractivity contribution in [2.45, 2.75) is 18.4 Å². The number of aromatic nitrogens is 1. The number of amides is 1. The number of carbonyl (C=O) groups excluding carboxylic acids is 1. The first-order valence-electron chi connectivity index (χ1n) is 12.1. The molecule has 7 nitrogen and oxygen atoms in total. The van der Waals surface area contributed by atoms with Gasteiger partial charge in [0, 0.05) is 74.6 Å². The van der Waals surface area contributed by atoms with Crippen molar-refractivity contribution in [3.8, 4) is 28.0 Å². The Morgan fingerprint density at radius 1 is 1.11 bits per heavy atom. The van der Waals surface area contributed by atoms with Gasteiger partial charge in [-0.25, -0.2) is 4.39 Å². The normalized spacial score (nSPS) is 16.3. The number of anilines is 2. The summed E-state index contributed by atoms with van der Waals surface area (Å²) < 4.78 is 14.8. The third kappa shape index (κ3) is 5.26. The number of aromatic hydroxyl groups is 1. The molecule has 2 heterocycles. The molecule has 0 atom stereocenters. The van der Waals surface area contributed by atoms with E-state index in [1.165, 1.54) is 29.9 Å². The zero-order valence-electron chi connectivity index (χ0n) is 20.8. The van der Waals surface area contributed by atoms with Gasteiger partial charge in [0.25, 0.3) is 0 Å². The van der Waals surface area contributed by atoms with Crippen molar-refractivity contribution in [1.29, 1.82) is 0 Å². The van der Waals surface area contributed by atoms with Crippen molar-refractivity contribution < 1.29 is 14.3 Å². The molecule has 1 spiro atoms. The fourth-order valence-electron chi connectivity index (χ4n) is 4.71. The molecule has 0 radical (unpaired) electrons. The number of phenolic OH excluding ortho intramolecular Hbond substituents is 1. The molecular formula is C28H29ClFN5O2. The summed E-state index contributed by atoms with van der Waals surface area (Å²) in [5.41, 5.74) is 3.42. The summed E-state index contributed by atoms with van der Waals surface area (Å²) in [6, 6.07) is 9.51. The zero-order chi connectivity index (χ0) is 26.2. The minimum Gasteiger partial charge on any atom is -0.507 e. The highest BCUT2D eigenvalue weighted by molar-refractivity contribution is 6.34. The number of pyridine rings is 1. The maximum absolute atomic E-state index is 14.8. The number of benzene rings is 2. The van der Waals surface area contributed by atoms with Crippen molar-refractivity contribution in [2.24, 2.45) is 0 Å². The van der Waals surface area contributed by atoms with Crippen LogP contribution in [0.25, 0.3) is 22.3 Å². The molecule has 1 aliphatic heterocycles. The van der Waals surface area contributed by atoms with Crippen LogP contribution in [0, 0.1) is 5.82 Å². The molecule has 1 aromatic heterocycles. The maximum Gasteiger partial charge on any atom is 0.218 e. The second-order valence-corrected chi connectivity index (χ2v) is 10.3. The molecule has 1 aliphatic carbocycles. The number of nitrogens with zero attached hydrogens (tertiary/aromatic N) is 4. The van der Waals surface area contributed by atoms with Gasteiger partial charge in [0.05, 0.1) is 22.6 Å². The Kier molecular flexibility index (Phi) is 6.79. The molecular weight excluding hydrogens is 493 g/mol. The van der Waals surface area contributed by atoms with E-state index < -0.39 is 5.82 Å². The van der Waals surface area contributed by atoms with Gasteiger partial charge in [0.1, 0.15) is 11.6 Å². The molecule has 1 saturated heterocycles. The molecule has 5 rings (SSSR count). The van der Waals surface area contributed by atoms with E-state index in [-0.39, 0.29) is 16.3 Å². The molecule has 0 bridgehead atoms. The van der Waals surface area contributed by atoms with Crippen LogP contribution < -0.4 is 15.1 Å². The van der Waals surface area contributed by atoms with Crippen LogP contribution in [0.1, 0.15) is 12.8 Å². The van der Waals surface area contributed by atoms with Gasteiger partial charge >= 0.3 is 0 Å². The van der Waals surface area contributed by atoms with Gasteiger partial charge in [0.15, 0.2) is 0 Å². The summed E-state index contributed by atoms with van der Waals surface area (Å²) in [4.78, 5) is 21.4. The number of hydrogen-bond acceptors (Lipinski definition) is 6. The van der Waals surface area contributed by atoms with Crippen molar-refractivity contribution in [1.82, 2.24) is 15.2 Å². The molecule has 9 heteroatoms. The lowest BCUT2D eigenvalue weighted by molar-refractivity contribution is -0.106. The van der Waals surface area contributed by atoms with Crippen LogP contribution in [0.2, 0.25) is 5.02 Å². The van der Waals surface area contributed by atoms with E-state index in [1.807, 2.05) is 26.4 Å². The van der Waals surface area contributed by atoms with E-state index in [9.17, 15) is 14.3 Å². The third-order valence-electron chi connectivity index (χ3n) is 6.88. The summed E-state index contributed by atoms with van der Waals surface area (Å²) in [6.07, 6.45) is 9.74. The first-order chi connectivity index (χ1) is 17.8. The summed E-state index contributed by atoms with van der Waals surface area (Å²) in [6.45, 7) is 2.67. The van der Waals surface area contributed by atoms with Crippen LogP contribution in [-0.2, 0) is 4.79 Å². The molecule has 1 amide bonds. The molecule has 192 valence electrons. The predicted octanol–water partition coefficient (Wildman–Crippen LogP) is 4.85. The SMILES string of the molecule is CN(C)/C=C\N(C=O)c1ccc(-c2cc(F)cc(-c3cncc(N4CCNC5(CC5)C4)c3)c2O)cc1Cl. The predicted molar refractivity (Wildman–Crippen MR) is 145 cm³/mol. The minimum absolute atomic E-state index is 0.0668. The second kappa shape index (κ2) is 10.0. The van der Waals surface area contributed by atoms with Gasteiger partial charge < -0.3 is 20.2 Å². The number of hydrogen-bond donors (Lipinski definition) is 2. The van der Waals surface area contributed by atoms with E-state index in [1.54, 1.807) is 41.7 Å². The average molecular weight is 522 g/mol. The van der Waals surface area contributed by atoms with Crippen molar-refractivity contribution >= 4 is 29.4 Å². The lowest BCUT2D eigenvalue weighted by Gasteiger charge is -2.35. The fraction of sp³-hybridized carbons (Fsp3) is 0.286. The molecule has 2 aromatic carbocycles. The Morgan fingerprint density at radius 2 is 1.86 bits per heavy atom. The lowest BCUT2D eigenvalue weighted by atomic mass is 9.97. The zero-order valence-corrected chi connectivity index (χ0v) is 21.5. The topological polar surface area (TPSA) is 71.9 Å². The summed E-state index contributed by atoms with van der Waals surface area (Å²) in [5.74, 6) is -0.557. The van der Waals surface area contributed by atoms with Gasteiger partial charge in [0.2, 0.25) is 6.41 Å². The summed E-state index contributed by atoms with van der Waals surface area (Å²) in [7, 11) is 3.68. The van der Waals surface area contributed by atoms with Crippen LogP contribution >= 0.6 is 11.6 Å². The second-order valence-electron chi connectivity index (χ2n) is 9.85. The summed E-state index contributed by atoms with van der Waals surface area (Å²) >= 11 is 6.51. The monoisotopic (exact) mass is 521 g/mol. The largest absolute Gasteiger partial charge is 0.507 e. The fourth-order valence-corrected chi connectivity index (χ4v) is 4.99. The standard InChI is InChI=1S/C28H29ClFN5O2/c1-33(2)9-10-35(18-36)26-4-3-19(12-25(26)29)23-13-21(30)14-24(27(23)37)20-11-22(16-31-15-20)34-8-7-32-28(17-34)5-6-28/h3-4,9-16,18,32,37H,5-8,17H2,1-2H3/b10-9-. The Bertz CT molecular complexity index is 1360. The number of nitrogens with one attached hydrogen (secondary N) is 1. The molecule has 0 unspecified atom stereocenters. The van der Waals surface area contributed by atoms with Gasteiger partial charge in [-0.2, -0.15) is 0 Å². The van der Waals surface area contributed by atoms with Crippen molar-refractivity contribution in [3.05, 3.63) is 72.0 Å². The van der Waals surface area contributed by atoms with E-state index in [0.717, 1.165) is 25.3 Å². The Hall–Kier alpha value is -3.62. The smallest absolute Gasteiger partial charge is 0.218 e. The highest BCUT2D eigenvalue weighted by Gasteiger charge is 2.45. The van der Waals surface area contributed by atoms with Crippen LogP contribution in [-0.4, -0.2) is 60.7 Å². The van der Waals surface area contributed by atoms with Gasteiger partial charge in [-0.1, -0.05) is 17.7 Å². The van der Waals surface area contributed by atoms with E-state index in [4.69, 9.17) is 11.6 Å². The van der Waals surface area contributed by atoms with Gasteiger partial charge in [-0.15, -0.1) is 0 Å². The van der Waals surface area contributed by atoms with Crippen LogP contribution in [0.3, 0.4) is 0 Å². The number of rotatable bonds is 7. The van der Waals surface area contributed by atoms with Crippen LogP contribution in [0.15, 0.2) is 61.2 Å². The first kappa shape index (κ1) is 25.0. The lowest BCUT2D eigenvalue weighted by Crippen LogP contribution is -2.52. The number of piperazine rings is 1. The van der Waals surface area contributed by atoms with Crippen LogP contribution in [0.5, 0.6) is 5.75 Å². The average Bonchev–Trinajstić information content (AvgIpc) is 3.64. The molecule has 3 aromatic rings. The molecule has 2 N–H and O–H groups in total. The molecule has 2 fully saturated rings. The Morgan fingerprint density at radius 3 is 2.54 bits per heavy atom. The van der Waals surface area contributed by atoms with E-state index >= 15 is 0 Å². The highest BCUT2D eigenvalue weighted by atomic mass is 35.5. The quantitative estimate of drug-likeness (QED) is 0.433. The first-order valence-corrected chi connectivity index (χ1v) is 12.5. The van der Waals surface area contributed by atoms with Gasteiger partial charge in [-0.3, -0.25) is 14.7 Å². The summed E-state index contributed by atoms with van der Waals surface area (Å²) in [5, 5.41) is 15.1. The molecule has 1 saturated carbocycles. The van der Waals surface area contributed by atoms with Crippen molar-refractivity contribution in [3.63, 3.8) is 0 Å². The van der Waals surface area contributed by atoms with E-state index in [0.29, 0.717) is 34.4 Å². The van der Waals surface area contributed by atoms with Crippen LogP contribution in [0.4, 0.5) is 15.8 Å². The van der Waals surface area contributed by atoms with Gasteiger partial charge in [-0.05, 0) is 48.7 Å². The maximum atomic E-state index is 14.8. The Balaban J connectivity index is 1.48. The number of halogens is 2. The number of carbonyl (C=O) groups is 1. The highest BCUT2D eigenvalue weighted by Crippen LogP contribution is 2.42. The Labute approximate surface area is 220 Å². The number of phenols is 1. The van der Waals surface area contributed by atoms with Crippen molar-refractivity contribution in [2.75, 3.05) is 43.5 Å². The minimum atomic E-state index is -0.490.